The number of aromatic nitrogens is 1. The molecule has 9 heteroatoms. The molecule has 136 valence electrons. The molecule has 0 bridgehead atoms. The molecular formula is C16H16BrF3N2O2S. The van der Waals surface area contributed by atoms with E-state index in [2.05, 4.69) is 25.6 Å². The summed E-state index contributed by atoms with van der Waals surface area (Å²) in [6.45, 7) is 3.42. The summed E-state index contributed by atoms with van der Waals surface area (Å²) in [5.41, 5.74) is 0.107. The quantitative estimate of drug-likeness (QED) is 0.765. The van der Waals surface area contributed by atoms with Gasteiger partial charge in [0, 0.05) is 28.8 Å². The molecule has 1 aromatic carbocycles. The first-order valence-corrected chi connectivity index (χ1v) is 9.59. The molecule has 2 aromatic rings. The second-order valence-corrected chi connectivity index (χ2v) is 8.31. The fraction of sp³-hybridized carbons (Fsp3) is 0.312. The van der Waals surface area contributed by atoms with Crippen molar-refractivity contribution in [2.45, 2.75) is 37.4 Å². The number of rotatable bonds is 5. The van der Waals surface area contributed by atoms with E-state index in [-0.39, 0.29) is 23.1 Å². The number of halogens is 4. The Kier molecular flexibility index (Phi) is 5.90. The molecule has 0 saturated heterocycles. The minimum Gasteiger partial charge on any atom is -0.261 e. The largest absolute Gasteiger partial charge is 0.416 e. The van der Waals surface area contributed by atoms with E-state index in [9.17, 15) is 21.6 Å². The monoisotopic (exact) mass is 436 g/mol. The smallest absolute Gasteiger partial charge is 0.261 e. The Balaban J connectivity index is 2.28. The Morgan fingerprint density at radius 3 is 2.44 bits per heavy atom. The van der Waals surface area contributed by atoms with Gasteiger partial charge in [-0.15, -0.1) is 0 Å². The van der Waals surface area contributed by atoms with Crippen molar-refractivity contribution in [2.24, 2.45) is 0 Å². The minimum atomic E-state index is -4.44. The van der Waals surface area contributed by atoms with Crippen LogP contribution in [-0.4, -0.2) is 19.4 Å². The highest BCUT2D eigenvalue weighted by molar-refractivity contribution is 9.10. The van der Waals surface area contributed by atoms with Crippen molar-refractivity contribution in [3.8, 4) is 0 Å². The van der Waals surface area contributed by atoms with Gasteiger partial charge in [0.1, 0.15) is 0 Å². The summed E-state index contributed by atoms with van der Waals surface area (Å²) in [6.07, 6.45) is -3.19. The molecule has 1 aromatic heterocycles. The van der Waals surface area contributed by atoms with Gasteiger partial charge in [0.2, 0.25) is 10.0 Å². The van der Waals surface area contributed by atoms with Crippen LogP contribution in [-0.2, 0) is 22.6 Å². The number of benzene rings is 1. The molecular weight excluding hydrogens is 421 g/mol. The molecule has 2 rings (SSSR count). The normalized spacial score (nSPS) is 12.6. The highest BCUT2D eigenvalue weighted by Crippen LogP contribution is 2.30. The zero-order chi connectivity index (χ0) is 18.8. The predicted octanol–water partition coefficient (Wildman–Crippen LogP) is 4.14. The van der Waals surface area contributed by atoms with Gasteiger partial charge in [-0.2, -0.15) is 13.2 Å². The van der Waals surface area contributed by atoms with Crippen molar-refractivity contribution < 1.29 is 21.6 Å². The van der Waals surface area contributed by atoms with E-state index in [1.54, 1.807) is 19.9 Å². The topological polar surface area (TPSA) is 59.1 Å². The average molecular weight is 437 g/mol. The van der Waals surface area contributed by atoms with Crippen LogP contribution in [0.4, 0.5) is 13.2 Å². The minimum absolute atomic E-state index is 0.0776. The first kappa shape index (κ1) is 19.9. The second-order valence-electron chi connectivity index (χ2n) is 5.74. The molecule has 4 nitrogen and oxygen atoms in total. The fourth-order valence-corrected chi connectivity index (χ4v) is 4.11. The van der Waals surface area contributed by atoms with Crippen LogP contribution < -0.4 is 4.72 Å². The number of nitrogens with one attached hydrogen (secondary N) is 1. The molecule has 0 spiro atoms. The first-order valence-electron chi connectivity index (χ1n) is 7.32. The lowest BCUT2D eigenvalue weighted by molar-refractivity contribution is -0.137. The zero-order valence-electron chi connectivity index (χ0n) is 13.4. The molecule has 0 fully saturated rings. The standard InChI is InChI=1S/C16H16BrF3N2O2S/c1-10(2)22-25(23,24)14-4-3-11(15(17)9-14)7-13-8-12(5-6-21-13)16(18,19)20/h3-6,8-10,22H,7H2,1-2H3. The molecule has 0 aliphatic carbocycles. The summed E-state index contributed by atoms with van der Waals surface area (Å²) >= 11 is 3.28. The van der Waals surface area contributed by atoms with E-state index < -0.39 is 21.8 Å². The lowest BCUT2D eigenvalue weighted by Crippen LogP contribution is -2.30. The van der Waals surface area contributed by atoms with Gasteiger partial charge in [0.25, 0.3) is 0 Å². The number of alkyl halides is 3. The van der Waals surface area contributed by atoms with Gasteiger partial charge in [-0.25, -0.2) is 13.1 Å². The summed E-state index contributed by atoms with van der Waals surface area (Å²) in [5.74, 6) is 0. The third kappa shape index (κ3) is 5.26. The average Bonchev–Trinajstić information content (AvgIpc) is 2.47. The van der Waals surface area contributed by atoms with Gasteiger partial charge >= 0.3 is 6.18 Å². The second kappa shape index (κ2) is 7.43. The van der Waals surface area contributed by atoms with Crippen LogP contribution in [0.3, 0.4) is 0 Å². The number of hydrogen-bond acceptors (Lipinski definition) is 3. The molecule has 1 heterocycles. The number of sulfonamides is 1. The van der Waals surface area contributed by atoms with E-state index in [1.165, 1.54) is 12.1 Å². The highest BCUT2D eigenvalue weighted by Gasteiger charge is 2.30. The third-order valence-electron chi connectivity index (χ3n) is 3.24. The lowest BCUT2D eigenvalue weighted by Gasteiger charge is -2.12. The first-order chi connectivity index (χ1) is 11.5. The van der Waals surface area contributed by atoms with E-state index in [0.717, 1.165) is 18.3 Å². The molecule has 1 N–H and O–H groups in total. The van der Waals surface area contributed by atoms with Crippen molar-refractivity contribution in [1.82, 2.24) is 9.71 Å². The maximum atomic E-state index is 12.8. The summed E-state index contributed by atoms with van der Waals surface area (Å²) in [4.78, 5) is 4.03. The lowest BCUT2D eigenvalue weighted by atomic mass is 10.1. The molecule has 0 atom stereocenters. The molecule has 0 aliphatic rings. The zero-order valence-corrected chi connectivity index (χ0v) is 15.8. The van der Waals surface area contributed by atoms with Crippen LogP contribution in [0.1, 0.15) is 30.7 Å². The van der Waals surface area contributed by atoms with Crippen molar-refractivity contribution in [2.75, 3.05) is 0 Å². The molecule has 0 radical (unpaired) electrons. The Hall–Kier alpha value is -1.45. The van der Waals surface area contributed by atoms with E-state index in [4.69, 9.17) is 0 Å². The summed E-state index contributed by atoms with van der Waals surface area (Å²) in [7, 11) is -3.64. The van der Waals surface area contributed by atoms with Crippen LogP contribution in [0, 0.1) is 0 Å². The van der Waals surface area contributed by atoms with Crippen molar-refractivity contribution in [3.63, 3.8) is 0 Å². The van der Waals surface area contributed by atoms with Gasteiger partial charge in [-0.3, -0.25) is 4.98 Å². The Morgan fingerprint density at radius 1 is 1.20 bits per heavy atom. The Morgan fingerprint density at radius 2 is 1.88 bits per heavy atom. The number of nitrogens with zero attached hydrogens (tertiary/aromatic N) is 1. The summed E-state index contributed by atoms with van der Waals surface area (Å²) in [6, 6.07) is 6.04. The van der Waals surface area contributed by atoms with Crippen molar-refractivity contribution >= 4 is 26.0 Å². The Bertz CT molecular complexity index is 868. The summed E-state index contributed by atoms with van der Waals surface area (Å²) < 4.78 is 65.5. The number of pyridine rings is 1. The number of hydrogen-bond donors (Lipinski definition) is 1. The maximum Gasteiger partial charge on any atom is 0.416 e. The maximum absolute atomic E-state index is 12.8. The van der Waals surface area contributed by atoms with Crippen LogP contribution >= 0.6 is 15.9 Å². The van der Waals surface area contributed by atoms with Crippen LogP contribution in [0.2, 0.25) is 0 Å². The fourth-order valence-electron chi connectivity index (χ4n) is 2.16. The SMILES string of the molecule is CC(C)NS(=O)(=O)c1ccc(Cc2cc(C(F)(F)F)ccn2)c(Br)c1. The van der Waals surface area contributed by atoms with Gasteiger partial charge in [0.05, 0.1) is 10.5 Å². The van der Waals surface area contributed by atoms with Gasteiger partial charge in [0.15, 0.2) is 0 Å². The summed E-state index contributed by atoms with van der Waals surface area (Å²) in [5, 5.41) is 0. The Labute approximate surface area is 152 Å². The van der Waals surface area contributed by atoms with Gasteiger partial charge in [-0.05, 0) is 43.7 Å². The molecule has 0 aliphatic heterocycles. The van der Waals surface area contributed by atoms with Crippen LogP contribution in [0.25, 0.3) is 0 Å². The van der Waals surface area contributed by atoms with E-state index in [0.29, 0.717) is 10.0 Å². The van der Waals surface area contributed by atoms with Gasteiger partial charge in [-0.1, -0.05) is 22.0 Å². The predicted molar refractivity (Wildman–Crippen MR) is 91.6 cm³/mol. The van der Waals surface area contributed by atoms with Crippen LogP contribution in [0.15, 0.2) is 45.9 Å². The third-order valence-corrected chi connectivity index (χ3v) is 5.64. The van der Waals surface area contributed by atoms with Gasteiger partial charge < -0.3 is 0 Å². The molecule has 0 amide bonds. The van der Waals surface area contributed by atoms with E-state index >= 15 is 0 Å². The van der Waals surface area contributed by atoms with Crippen LogP contribution in [0.5, 0.6) is 0 Å². The molecule has 0 unspecified atom stereocenters. The van der Waals surface area contributed by atoms with Crippen molar-refractivity contribution in [1.29, 1.82) is 0 Å². The van der Waals surface area contributed by atoms with Crippen molar-refractivity contribution in [3.05, 3.63) is 57.8 Å². The molecule has 0 saturated carbocycles. The highest BCUT2D eigenvalue weighted by atomic mass is 79.9. The van der Waals surface area contributed by atoms with E-state index in [1.807, 2.05) is 0 Å². The molecule has 25 heavy (non-hydrogen) atoms.